The van der Waals surface area contributed by atoms with Crippen LogP contribution in [0.25, 0.3) is 0 Å². The third kappa shape index (κ3) is 1.31. The van der Waals surface area contributed by atoms with Crippen molar-refractivity contribution in [3.05, 3.63) is 29.8 Å². The van der Waals surface area contributed by atoms with Gasteiger partial charge in [0.15, 0.2) is 0 Å². The van der Waals surface area contributed by atoms with E-state index in [0.29, 0.717) is 0 Å². The Morgan fingerprint density at radius 2 is 1.77 bits per heavy atom. The molecule has 1 aromatic carbocycles. The SMILES string of the molecule is CC(N)C1(c2ccc(N)cc2)CC1. The molecule has 2 heteroatoms. The topological polar surface area (TPSA) is 52.0 Å². The standard InChI is InChI=1S/C11H16N2/c1-8(12)11(6-7-11)9-2-4-10(13)5-3-9/h2-5,8H,6-7,12-13H2,1H3. The van der Waals surface area contributed by atoms with E-state index in [0.717, 1.165) is 5.69 Å². The molecule has 0 saturated heterocycles. The third-order valence-electron chi connectivity index (χ3n) is 3.15. The van der Waals surface area contributed by atoms with Crippen LogP contribution >= 0.6 is 0 Å². The zero-order valence-electron chi connectivity index (χ0n) is 7.96. The summed E-state index contributed by atoms with van der Waals surface area (Å²) in [5.41, 5.74) is 14.0. The van der Waals surface area contributed by atoms with Gasteiger partial charge in [0.1, 0.15) is 0 Å². The van der Waals surface area contributed by atoms with Gasteiger partial charge in [-0.3, -0.25) is 0 Å². The summed E-state index contributed by atoms with van der Waals surface area (Å²) in [6.45, 7) is 2.09. The molecule has 2 rings (SSSR count). The van der Waals surface area contributed by atoms with E-state index in [1.807, 2.05) is 12.1 Å². The van der Waals surface area contributed by atoms with E-state index >= 15 is 0 Å². The fourth-order valence-corrected chi connectivity index (χ4v) is 1.96. The summed E-state index contributed by atoms with van der Waals surface area (Å²) < 4.78 is 0. The molecule has 0 aliphatic heterocycles. The quantitative estimate of drug-likeness (QED) is 0.673. The number of anilines is 1. The van der Waals surface area contributed by atoms with E-state index in [4.69, 9.17) is 11.5 Å². The highest BCUT2D eigenvalue weighted by Crippen LogP contribution is 2.50. The molecule has 0 aromatic heterocycles. The summed E-state index contributed by atoms with van der Waals surface area (Å²) in [7, 11) is 0. The Hall–Kier alpha value is -1.02. The molecule has 4 N–H and O–H groups in total. The van der Waals surface area contributed by atoms with Crippen LogP contribution in [-0.4, -0.2) is 6.04 Å². The fourth-order valence-electron chi connectivity index (χ4n) is 1.96. The summed E-state index contributed by atoms with van der Waals surface area (Å²) in [5.74, 6) is 0. The van der Waals surface area contributed by atoms with Crippen molar-refractivity contribution in [2.24, 2.45) is 5.73 Å². The first-order valence-corrected chi connectivity index (χ1v) is 4.77. The molecule has 1 atom stereocenters. The van der Waals surface area contributed by atoms with Gasteiger partial charge in [0.25, 0.3) is 0 Å². The third-order valence-corrected chi connectivity index (χ3v) is 3.15. The number of benzene rings is 1. The molecule has 1 aliphatic carbocycles. The number of hydrogen-bond donors (Lipinski definition) is 2. The van der Waals surface area contributed by atoms with Gasteiger partial charge in [-0.15, -0.1) is 0 Å². The summed E-state index contributed by atoms with van der Waals surface area (Å²) in [6.07, 6.45) is 2.43. The molecule has 0 spiro atoms. The van der Waals surface area contributed by atoms with Crippen LogP contribution in [0.4, 0.5) is 5.69 Å². The molecule has 1 aliphatic rings. The molecular weight excluding hydrogens is 160 g/mol. The second-order valence-corrected chi connectivity index (χ2v) is 4.07. The van der Waals surface area contributed by atoms with E-state index in [1.54, 1.807) is 0 Å². The largest absolute Gasteiger partial charge is 0.399 e. The highest BCUT2D eigenvalue weighted by molar-refractivity contribution is 5.44. The van der Waals surface area contributed by atoms with E-state index < -0.39 is 0 Å². The molecule has 70 valence electrons. The summed E-state index contributed by atoms with van der Waals surface area (Å²) in [6, 6.07) is 8.36. The van der Waals surface area contributed by atoms with E-state index in [9.17, 15) is 0 Å². The molecule has 0 radical (unpaired) electrons. The maximum atomic E-state index is 5.97. The van der Waals surface area contributed by atoms with Crippen LogP contribution in [0.3, 0.4) is 0 Å². The Labute approximate surface area is 78.9 Å². The van der Waals surface area contributed by atoms with E-state index in [-0.39, 0.29) is 11.5 Å². The predicted molar refractivity (Wildman–Crippen MR) is 55.4 cm³/mol. The van der Waals surface area contributed by atoms with Gasteiger partial charge in [-0.05, 0) is 37.5 Å². The lowest BCUT2D eigenvalue weighted by molar-refractivity contribution is 0.557. The van der Waals surface area contributed by atoms with Gasteiger partial charge >= 0.3 is 0 Å². The van der Waals surface area contributed by atoms with Gasteiger partial charge in [-0.1, -0.05) is 12.1 Å². The van der Waals surface area contributed by atoms with Crippen molar-refractivity contribution in [2.45, 2.75) is 31.2 Å². The average molecular weight is 176 g/mol. The van der Waals surface area contributed by atoms with Crippen LogP contribution in [0.5, 0.6) is 0 Å². The number of rotatable bonds is 2. The first kappa shape index (κ1) is 8.57. The van der Waals surface area contributed by atoms with Crippen LogP contribution in [0.15, 0.2) is 24.3 Å². The van der Waals surface area contributed by atoms with Crippen molar-refractivity contribution in [3.63, 3.8) is 0 Å². The van der Waals surface area contributed by atoms with Crippen molar-refractivity contribution < 1.29 is 0 Å². The highest BCUT2D eigenvalue weighted by Gasteiger charge is 2.47. The zero-order chi connectivity index (χ0) is 9.47. The monoisotopic (exact) mass is 176 g/mol. The minimum absolute atomic E-state index is 0.246. The van der Waals surface area contributed by atoms with Crippen LogP contribution in [0.2, 0.25) is 0 Å². The lowest BCUT2D eigenvalue weighted by Crippen LogP contribution is -2.31. The van der Waals surface area contributed by atoms with Crippen molar-refractivity contribution in [3.8, 4) is 0 Å². The van der Waals surface area contributed by atoms with Crippen molar-refractivity contribution in [1.82, 2.24) is 0 Å². The average Bonchev–Trinajstić information content (AvgIpc) is 2.86. The molecule has 0 amide bonds. The molecule has 0 heterocycles. The first-order chi connectivity index (χ1) is 6.15. The summed E-state index contributed by atoms with van der Waals surface area (Å²) in [5, 5.41) is 0. The van der Waals surface area contributed by atoms with E-state index in [1.165, 1.54) is 18.4 Å². The summed E-state index contributed by atoms with van der Waals surface area (Å²) >= 11 is 0. The van der Waals surface area contributed by atoms with Gasteiger partial charge in [-0.25, -0.2) is 0 Å². The maximum absolute atomic E-state index is 5.97. The molecular formula is C11H16N2. The van der Waals surface area contributed by atoms with Gasteiger partial charge < -0.3 is 11.5 Å². The lowest BCUT2D eigenvalue weighted by atomic mass is 9.89. The fraction of sp³-hybridized carbons (Fsp3) is 0.455. The molecule has 13 heavy (non-hydrogen) atoms. The van der Waals surface area contributed by atoms with Gasteiger partial charge in [-0.2, -0.15) is 0 Å². The van der Waals surface area contributed by atoms with Crippen LogP contribution in [-0.2, 0) is 5.41 Å². The zero-order valence-corrected chi connectivity index (χ0v) is 7.96. The molecule has 1 aromatic rings. The minimum Gasteiger partial charge on any atom is -0.399 e. The number of nitrogens with two attached hydrogens (primary N) is 2. The summed E-state index contributed by atoms with van der Waals surface area (Å²) in [4.78, 5) is 0. The smallest absolute Gasteiger partial charge is 0.0314 e. The molecule has 2 nitrogen and oxygen atoms in total. The van der Waals surface area contributed by atoms with Gasteiger partial charge in [0, 0.05) is 17.1 Å². The normalized spacial score (nSPS) is 21.1. The second kappa shape index (κ2) is 2.74. The van der Waals surface area contributed by atoms with Crippen molar-refractivity contribution in [1.29, 1.82) is 0 Å². The molecule has 1 fully saturated rings. The number of hydrogen-bond acceptors (Lipinski definition) is 2. The number of nitrogen functional groups attached to an aromatic ring is 1. The van der Waals surface area contributed by atoms with Crippen LogP contribution < -0.4 is 11.5 Å². The van der Waals surface area contributed by atoms with Crippen LogP contribution in [0, 0.1) is 0 Å². The maximum Gasteiger partial charge on any atom is 0.0314 e. The van der Waals surface area contributed by atoms with Gasteiger partial charge in [0.05, 0.1) is 0 Å². The van der Waals surface area contributed by atoms with Crippen molar-refractivity contribution in [2.75, 3.05) is 5.73 Å². The van der Waals surface area contributed by atoms with Gasteiger partial charge in [0.2, 0.25) is 0 Å². The second-order valence-electron chi connectivity index (χ2n) is 4.07. The lowest BCUT2D eigenvalue weighted by Gasteiger charge is -2.19. The molecule has 1 unspecified atom stereocenters. The molecule has 0 bridgehead atoms. The minimum atomic E-state index is 0.246. The Bertz CT molecular complexity index is 296. The Balaban J connectivity index is 2.31. The molecule has 1 saturated carbocycles. The Morgan fingerprint density at radius 3 is 2.15 bits per heavy atom. The van der Waals surface area contributed by atoms with Crippen LogP contribution in [0.1, 0.15) is 25.3 Å². The Morgan fingerprint density at radius 1 is 1.23 bits per heavy atom. The highest BCUT2D eigenvalue weighted by atomic mass is 14.7. The van der Waals surface area contributed by atoms with E-state index in [2.05, 4.69) is 19.1 Å². The predicted octanol–water partition coefficient (Wildman–Crippen LogP) is 1.65. The first-order valence-electron chi connectivity index (χ1n) is 4.77. The van der Waals surface area contributed by atoms with Crippen molar-refractivity contribution >= 4 is 5.69 Å². The Kier molecular flexibility index (Phi) is 1.81.